The first-order chi connectivity index (χ1) is 0. The van der Waals surface area contributed by atoms with Gasteiger partial charge >= 0.3 is 0 Å². The van der Waals surface area contributed by atoms with Crippen molar-refractivity contribution in [2.45, 2.75) is 0 Å². The molecule has 0 saturated carbocycles. The molecule has 0 aliphatic heterocycles. The summed E-state index contributed by atoms with van der Waals surface area (Å²) < 4.78 is 0. The average molecular weight is 418 g/mol. The summed E-state index contributed by atoms with van der Waals surface area (Å²) in [5.41, 5.74) is 0. The minimum absolute atomic E-state index is 0. The van der Waals surface area contributed by atoms with Crippen molar-refractivity contribution in [1.82, 2.24) is 0 Å². The molecule has 0 heterocycles. The van der Waals surface area contributed by atoms with Crippen molar-refractivity contribution in [3.63, 3.8) is 0 Å². The molecule has 11 radical (unpaired) electrons. The maximum absolute atomic E-state index is 0. The van der Waals surface area contributed by atoms with Crippen LogP contribution in [0, 0.1) is 0 Å². The fraction of sp³-hybridized carbons (Fsp3) is 0. The summed E-state index contributed by atoms with van der Waals surface area (Å²) in [5, 5.41) is 0. The van der Waals surface area contributed by atoms with Crippen LogP contribution in [-0.4, -0.2) is 73.7 Å². The fourth-order valence-electron chi connectivity index (χ4n) is 0. The van der Waals surface area contributed by atoms with Crippen LogP contribution in [0.5, 0.6) is 0 Å². The van der Waals surface area contributed by atoms with Crippen LogP contribution in [0.3, 0.4) is 0 Å². The van der Waals surface area contributed by atoms with E-state index in [-0.39, 0.29) is 93.1 Å². The van der Waals surface area contributed by atoms with E-state index in [1.54, 1.807) is 0 Å². The van der Waals surface area contributed by atoms with Gasteiger partial charge in [0.05, 0.1) is 0 Å². The summed E-state index contributed by atoms with van der Waals surface area (Å²) in [7, 11) is 0. The maximum atomic E-state index is 0. The monoisotopic (exact) mass is 419 g/mol. The second-order valence-corrected chi connectivity index (χ2v) is 0. The van der Waals surface area contributed by atoms with Gasteiger partial charge < -0.3 is 0 Å². The zero-order valence-electron chi connectivity index (χ0n) is 2.28. The number of rotatable bonds is 0. The quantitative estimate of drug-likeness (QED) is 0.437. The molecule has 0 spiro atoms. The number of hydrogen-bond acceptors (Lipinski definition) is 0. The molecule has 0 aromatic carbocycles. The summed E-state index contributed by atoms with van der Waals surface area (Å²) in [6.07, 6.45) is 0. The topological polar surface area (TPSA) is 0 Å². The van der Waals surface area contributed by atoms with E-state index in [1.165, 1.54) is 0 Å². The molecule has 0 aliphatic carbocycles. The number of hydrogen-bond donors (Lipinski definition) is 0. The molecule has 0 bridgehead atoms. The molecule has 0 saturated heterocycles. The van der Waals surface area contributed by atoms with E-state index in [2.05, 4.69) is 0 Å². The summed E-state index contributed by atoms with van der Waals surface area (Å²) in [5.74, 6) is 0. The molecule has 0 nitrogen and oxygen atoms in total. The average Bonchev–Trinajstić information content (AvgIpc) is 0. The van der Waals surface area contributed by atoms with E-state index in [0.717, 1.165) is 0 Å². The Kier molecular flexibility index (Phi) is 114. The largest absolute Gasteiger partial charge is 0 e. The van der Waals surface area contributed by atoms with Crippen molar-refractivity contribution in [2.24, 2.45) is 0 Å². The van der Waals surface area contributed by atoms with E-state index < -0.39 is 0 Å². The van der Waals surface area contributed by atoms with Crippen molar-refractivity contribution < 1.29 is 19.5 Å². The zero-order valence-corrected chi connectivity index (χ0v) is 14.3. The summed E-state index contributed by atoms with van der Waals surface area (Å²) >= 11 is 0. The van der Waals surface area contributed by atoms with Crippen molar-refractivity contribution >= 4 is 73.7 Å². The van der Waals surface area contributed by atoms with Gasteiger partial charge in [0.25, 0.3) is 0 Å². The van der Waals surface area contributed by atoms with Crippen LogP contribution < -0.4 is 0 Å². The second kappa shape index (κ2) is 16.5. The van der Waals surface area contributed by atoms with Crippen molar-refractivity contribution in [1.29, 1.82) is 0 Å². The standard InChI is InChI=1S/In.2Sn.Zn. The predicted molar refractivity (Wildman–Crippen MR) is 17.3 cm³/mol. The van der Waals surface area contributed by atoms with Crippen LogP contribution >= 0.6 is 0 Å². The van der Waals surface area contributed by atoms with E-state index in [0.29, 0.717) is 0 Å². The molecule has 0 rings (SSSR count). The third-order valence-corrected chi connectivity index (χ3v) is 0. The minimum atomic E-state index is 0. The molecule has 0 atom stereocenters. The Morgan fingerprint density at radius 3 is 0.750 bits per heavy atom. The van der Waals surface area contributed by atoms with Gasteiger partial charge in [-0.1, -0.05) is 0 Å². The van der Waals surface area contributed by atoms with Crippen molar-refractivity contribution in [3.8, 4) is 0 Å². The summed E-state index contributed by atoms with van der Waals surface area (Å²) in [6, 6.07) is 0. The van der Waals surface area contributed by atoms with Gasteiger partial charge in [0, 0.05) is 93.1 Å². The van der Waals surface area contributed by atoms with E-state index in [9.17, 15) is 0 Å². The first-order valence-corrected chi connectivity index (χ1v) is 0. The van der Waals surface area contributed by atoms with Gasteiger partial charge in [0.15, 0.2) is 0 Å². The molecular formula is InSn2Zn. The van der Waals surface area contributed by atoms with Crippen LogP contribution in [0.4, 0.5) is 0 Å². The Labute approximate surface area is 91.3 Å². The molecule has 0 unspecified atom stereocenters. The molecular weight excluding hydrogens is 418 g/mol. The zero-order chi connectivity index (χ0) is 0. The summed E-state index contributed by atoms with van der Waals surface area (Å²) in [6.45, 7) is 0. The molecule has 4 heteroatoms. The molecule has 0 N–H and O–H groups in total. The van der Waals surface area contributed by atoms with Crippen LogP contribution in [0.25, 0.3) is 0 Å². The molecule has 0 amide bonds. The van der Waals surface area contributed by atoms with Crippen LogP contribution in [-0.2, 0) is 19.5 Å². The van der Waals surface area contributed by atoms with Crippen LogP contribution in [0.15, 0.2) is 0 Å². The third-order valence-electron chi connectivity index (χ3n) is 0. The van der Waals surface area contributed by atoms with E-state index in [1.807, 2.05) is 0 Å². The SMILES string of the molecule is [In].[Sn].[Sn].[Zn]. The maximum Gasteiger partial charge on any atom is 0 e. The second-order valence-electron chi connectivity index (χ2n) is 0. The van der Waals surface area contributed by atoms with Gasteiger partial charge in [-0.2, -0.15) is 0 Å². The van der Waals surface area contributed by atoms with E-state index in [4.69, 9.17) is 0 Å². The molecule has 0 aliphatic rings. The van der Waals surface area contributed by atoms with Crippen LogP contribution in [0.1, 0.15) is 0 Å². The normalized spacial score (nSPS) is 0. The van der Waals surface area contributed by atoms with Gasteiger partial charge in [-0.15, -0.1) is 0 Å². The summed E-state index contributed by atoms with van der Waals surface area (Å²) in [4.78, 5) is 0. The molecule has 0 aromatic heterocycles. The Morgan fingerprint density at radius 1 is 0.750 bits per heavy atom. The molecule has 4 heavy (non-hydrogen) atoms. The van der Waals surface area contributed by atoms with Gasteiger partial charge in [-0.3, -0.25) is 0 Å². The Bertz CT molecular complexity index is 6.00. The van der Waals surface area contributed by atoms with E-state index >= 15 is 0 Å². The fourth-order valence-corrected chi connectivity index (χ4v) is 0. The van der Waals surface area contributed by atoms with Crippen molar-refractivity contribution in [2.75, 3.05) is 0 Å². The molecule has 0 fully saturated rings. The molecule has 13 valence electrons. The minimum Gasteiger partial charge on any atom is 0 e. The molecule has 0 aromatic rings. The first kappa shape index (κ1) is 27.5. The van der Waals surface area contributed by atoms with Gasteiger partial charge in [0.2, 0.25) is 0 Å². The smallest absolute Gasteiger partial charge is 0 e. The Hall–Kier alpha value is 3.09. The third kappa shape index (κ3) is 8.92. The van der Waals surface area contributed by atoms with Gasteiger partial charge in [0.1, 0.15) is 0 Å². The van der Waals surface area contributed by atoms with Gasteiger partial charge in [-0.05, 0) is 0 Å². The first-order valence-electron chi connectivity index (χ1n) is 0. The van der Waals surface area contributed by atoms with Crippen molar-refractivity contribution in [3.05, 3.63) is 0 Å². The van der Waals surface area contributed by atoms with Gasteiger partial charge in [-0.25, -0.2) is 0 Å². The van der Waals surface area contributed by atoms with Crippen LogP contribution in [0.2, 0.25) is 0 Å². The Morgan fingerprint density at radius 2 is 0.750 bits per heavy atom. The predicted octanol–water partition coefficient (Wildman–Crippen LogP) is -1.14. The Balaban J connectivity index is 0.